The molecule has 2 unspecified atom stereocenters. The van der Waals surface area contributed by atoms with Crippen LogP contribution in [0.3, 0.4) is 0 Å². The van der Waals surface area contributed by atoms with Crippen LogP contribution in [0.2, 0.25) is 0 Å². The van der Waals surface area contributed by atoms with Gasteiger partial charge in [-0.25, -0.2) is 0 Å². The minimum absolute atomic E-state index is 0.0255. The molecule has 0 aromatic heterocycles. The molecule has 0 bridgehead atoms. The van der Waals surface area contributed by atoms with Crippen LogP contribution in [0, 0.1) is 23.2 Å². The van der Waals surface area contributed by atoms with Gasteiger partial charge in [-0.15, -0.1) is 0 Å². The normalized spacial score (nSPS) is 33.9. The van der Waals surface area contributed by atoms with E-state index >= 15 is 0 Å². The molecule has 0 saturated heterocycles. The monoisotopic (exact) mass is 520 g/mol. The van der Waals surface area contributed by atoms with Gasteiger partial charge < -0.3 is 9.84 Å². The van der Waals surface area contributed by atoms with E-state index in [-0.39, 0.29) is 17.4 Å². The van der Waals surface area contributed by atoms with Crippen LogP contribution in [0.4, 0.5) is 0 Å². The highest BCUT2D eigenvalue weighted by molar-refractivity contribution is 9.09. The first kappa shape index (κ1) is 26.7. The van der Waals surface area contributed by atoms with Crippen molar-refractivity contribution in [2.75, 3.05) is 5.33 Å². The summed E-state index contributed by atoms with van der Waals surface area (Å²) in [6.45, 7) is 13.1. The van der Waals surface area contributed by atoms with E-state index in [0.717, 1.165) is 38.0 Å². The Morgan fingerprint density at radius 1 is 1.30 bits per heavy atom. The second kappa shape index (κ2) is 11.2. The largest absolute Gasteiger partial charge is 0.461 e. The lowest BCUT2D eigenvalue weighted by Gasteiger charge is -2.44. The number of hydrogen-bond donors (Lipinski definition) is 1. The van der Waals surface area contributed by atoms with Crippen molar-refractivity contribution in [3.63, 3.8) is 0 Å². The van der Waals surface area contributed by atoms with Crippen molar-refractivity contribution in [2.24, 2.45) is 23.2 Å². The van der Waals surface area contributed by atoms with E-state index in [1.54, 1.807) is 5.57 Å². The zero-order chi connectivity index (χ0) is 24.2. The van der Waals surface area contributed by atoms with Crippen molar-refractivity contribution in [3.05, 3.63) is 35.5 Å². The van der Waals surface area contributed by atoms with Crippen LogP contribution in [-0.4, -0.2) is 28.1 Å². The molecule has 0 aliphatic heterocycles. The number of hydrogen-bond acceptors (Lipinski definition) is 3. The lowest BCUT2D eigenvalue weighted by molar-refractivity contribution is -0.146. The lowest BCUT2D eigenvalue weighted by atomic mass is 9.60. The number of aliphatic hydroxyl groups is 1. The Kier molecular flexibility index (Phi) is 9.11. The van der Waals surface area contributed by atoms with Gasteiger partial charge in [0, 0.05) is 6.42 Å². The number of rotatable bonds is 8. The van der Waals surface area contributed by atoms with Gasteiger partial charge in [0.1, 0.15) is 11.4 Å². The first-order valence-electron chi connectivity index (χ1n) is 13.1. The molecule has 3 rings (SSSR count). The fourth-order valence-electron chi connectivity index (χ4n) is 6.97. The van der Waals surface area contributed by atoms with Crippen LogP contribution >= 0.6 is 15.9 Å². The van der Waals surface area contributed by atoms with Crippen molar-refractivity contribution in [1.29, 1.82) is 0 Å². The number of fused-ring (bicyclic) bond motifs is 1. The van der Waals surface area contributed by atoms with Gasteiger partial charge in [0.2, 0.25) is 0 Å². The SMILES string of the molecule is C=C1CC[C@H](OC(=O)CBr)C/C1=C\C=C1\CCC[C@@]2(C)C1CCC2[C@H](C)CCCC(C)(C)O. The predicted molar refractivity (Wildman–Crippen MR) is 140 cm³/mol. The molecule has 5 atom stereocenters. The third kappa shape index (κ3) is 6.84. The van der Waals surface area contributed by atoms with Crippen LogP contribution in [-0.2, 0) is 9.53 Å². The van der Waals surface area contributed by atoms with Crippen molar-refractivity contribution >= 4 is 21.9 Å². The number of halogens is 1. The first-order chi connectivity index (χ1) is 15.5. The van der Waals surface area contributed by atoms with E-state index in [1.807, 2.05) is 13.8 Å². The lowest BCUT2D eigenvalue weighted by Crippen LogP contribution is -2.36. The summed E-state index contributed by atoms with van der Waals surface area (Å²) in [6.07, 6.45) is 16.9. The molecule has 0 heterocycles. The summed E-state index contributed by atoms with van der Waals surface area (Å²) >= 11 is 3.19. The van der Waals surface area contributed by atoms with Crippen LogP contribution in [0.5, 0.6) is 0 Å². The van der Waals surface area contributed by atoms with Gasteiger partial charge in [-0.05, 0) is 94.0 Å². The van der Waals surface area contributed by atoms with Gasteiger partial charge in [0.25, 0.3) is 0 Å². The average Bonchev–Trinajstić information content (AvgIpc) is 3.10. The third-order valence-corrected chi connectivity index (χ3v) is 9.21. The Balaban J connectivity index is 1.67. The molecule has 0 amide bonds. The molecule has 186 valence electrons. The standard InChI is InChI=1S/C29H45BrO3/c1-20-10-13-24(33-27(31)19-30)18-23(20)12-11-22-9-7-17-29(5)25(14-15-26(22)29)21(2)8-6-16-28(3,4)32/h11-12,21,24-26,32H,1,6-10,13-19H2,2-5H3/b22-11-,23-12+/t21-,24+,25?,26?,29-/m1/s1. The predicted octanol–water partition coefficient (Wildman–Crippen LogP) is 7.68. The maximum Gasteiger partial charge on any atom is 0.316 e. The molecule has 0 aromatic rings. The molecular formula is C29H45BrO3. The molecule has 3 saturated carbocycles. The summed E-state index contributed by atoms with van der Waals surface area (Å²) in [4.78, 5) is 11.7. The number of alkyl halides is 1. The van der Waals surface area contributed by atoms with Gasteiger partial charge in [-0.1, -0.05) is 72.5 Å². The fourth-order valence-corrected chi connectivity index (χ4v) is 7.10. The van der Waals surface area contributed by atoms with Crippen LogP contribution < -0.4 is 0 Å². The molecule has 33 heavy (non-hydrogen) atoms. The van der Waals surface area contributed by atoms with E-state index in [9.17, 15) is 9.90 Å². The van der Waals surface area contributed by atoms with E-state index in [1.165, 1.54) is 49.7 Å². The summed E-state index contributed by atoms with van der Waals surface area (Å²) in [7, 11) is 0. The third-order valence-electron chi connectivity index (χ3n) is 8.75. The highest BCUT2D eigenvalue weighted by Gasteiger charge is 2.50. The molecule has 3 aliphatic rings. The fraction of sp³-hybridized carbons (Fsp3) is 0.759. The summed E-state index contributed by atoms with van der Waals surface area (Å²) in [5.74, 6) is 1.99. The van der Waals surface area contributed by atoms with E-state index in [2.05, 4.69) is 48.5 Å². The second-order valence-electron chi connectivity index (χ2n) is 11.8. The second-order valence-corrected chi connectivity index (χ2v) is 12.4. The number of allylic oxidation sites excluding steroid dienone is 4. The summed E-state index contributed by atoms with van der Waals surface area (Å²) in [5, 5.41) is 10.3. The molecule has 3 fully saturated rings. The minimum Gasteiger partial charge on any atom is -0.461 e. The van der Waals surface area contributed by atoms with Gasteiger partial charge in [-0.2, -0.15) is 0 Å². The van der Waals surface area contributed by atoms with E-state index in [0.29, 0.717) is 17.3 Å². The maximum atomic E-state index is 11.7. The Morgan fingerprint density at radius 2 is 2.06 bits per heavy atom. The molecule has 0 spiro atoms. The molecule has 0 aromatic carbocycles. The average molecular weight is 522 g/mol. The number of carbonyl (C=O) groups is 1. The molecule has 0 radical (unpaired) electrons. The number of carbonyl (C=O) groups excluding carboxylic acids is 1. The zero-order valence-electron chi connectivity index (χ0n) is 21.3. The van der Waals surface area contributed by atoms with Gasteiger partial charge in [0.05, 0.1) is 5.60 Å². The minimum atomic E-state index is -0.551. The Morgan fingerprint density at radius 3 is 2.76 bits per heavy atom. The molecule has 3 nitrogen and oxygen atoms in total. The molecule has 1 N–H and O–H groups in total. The Labute approximate surface area is 210 Å². The highest BCUT2D eigenvalue weighted by atomic mass is 79.9. The van der Waals surface area contributed by atoms with E-state index in [4.69, 9.17) is 4.74 Å². The van der Waals surface area contributed by atoms with E-state index < -0.39 is 5.60 Å². The van der Waals surface area contributed by atoms with Crippen molar-refractivity contribution < 1.29 is 14.6 Å². The topological polar surface area (TPSA) is 46.5 Å². The van der Waals surface area contributed by atoms with Gasteiger partial charge in [-0.3, -0.25) is 4.79 Å². The quantitative estimate of drug-likeness (QED) is 0.263. The first-order valence-corrected chi connectivity index (χ1v) is 14.2. The zero-order valence-corrected chi connectivity index (χ0v) is 22.9. The number of ether oxygens (including phenoxy) is 1. The molecule has 3 aliphatic carbocycles. The maximum absolute atomic E-state index is 11.7. The van der Waals surface area contributed by atoms with Crippen molar-refractivity contribution in [3.8, 4) is 0 Å². The van der Waals surface area contributed by atoms with Crippen LogP contribution in [0.1, 0.15) is 98.3 Å². The summed E-state index contributed by atoms with van der Waals surface area (Å²) in [6, 6.07) is 0. The molecular weight excluding hydrogens is 476 g/mol. The smallest absolute Gasteiger partial charge is 0.316 e. The number of esters is 1. The summed E-state index contributed by atoms with van der Waals surface area (Å²) < 4.78 is 5.59. The Bertz CT molecular complexity index is 774. The van der Waals surface area contributed by atoms with Gasteiger partial charge >= 0.3 is 5.97 Å². The van der Waals surface area contributed by atoms with Crippen LogP contribution in [0.15, 0.2) is 35.5 Å². The highest BCUT2D eigenvalue weighted by Crippen LogP contribution is 2.60. The van der Waals surface area contributed by atoms with Gasteiger partial charge in [0.15, 0.2) is 0 Å². The van der Waals surface area contributed by atoms with Crippen molar-refractivity contribution in [1.82, 2.24) is 0 Å². The van der Waals surface area contributed by atoms with Crippen molar-refractivity contribution in [2.45, 2.75) is 110 Å². The molecule has 4 heteroatoms. The van der Waals surface area contributed by atoms with Crippen LogP contribution in [0.25, 0.3) is 0 Å². The summed E-state index contributed by atoms with van der Waals surface area (Å²) in [5.41, 5.74) is 3.91. The Hall–Kier alpha value is -0.870.